The van der Waals surface area contributed by atoms with Gasteiger partial charge in [-0.15, -0.1) is 11.3 Å². The van der Waals surface area contributed by atoms with Gasteiger partial charge in [0.15, 0.2) is 0 Å². The van der Waals surface area contributed by atoms with Gasteiger partial charge in [-0.1, -0.05) is 0 Å². The normalized spacial score (nSPS) is 19.8. The highest BCUT2D eigenvalue weighted by Crippen LogP contribution is 2.36. The van der Waals surface area contributed by atoms with Crippen LogP contribution in [0.15, 0.2) is 35.7 Å². The van der Waals surface area contributed by atoms with Crippen molar-refractivity contribution in [2.75, 3.05) is 20.1 Å². The topological polar surface area (TPSA) is 66.7 Å². The van der Waals surface area contributed by atoms with E-state index in [0.717, 1.165) is 13.0 Å². The van der Waals surface area contributed by atoms with Crippen LogP contribution in [0.4, 0.5) is 5.69 Å². The number of hydrogen-bond donors (Lipinski definition) is 0. The van der Waals surface area contributed by atoms with Crippen LogP contribution in [0.3, 0.4) is 0 Å². The molecule has 0 aliphatic carbocycles. The molecule has 0 N–H and O–H groups in total. The molecule has 1 amide bonds. The number of thiophene rings is 1. The van der Waals surface area contributed by atoms with E-state index in [-0.39, 0.29) is 11.6 Å². The van der Waals surface area contributed by atoms with Gasteiger partial charge in [0.25, 0.3) is 11.6 Å². The Morgan fingerprint density at radius 2 is 2.00 bits per heavy atom. The van der Waals surface area contributed by atoms with Crippen LogP contribution in [0.1, 0.15) is 40.7 Å². The van der Waals surface area contributed by atoms with Crippen LogP contribution in [0.25, 0.3) is 0 Å². The molecule has 1 aliphatic heterocycles. The van der Waals surface area contributed by atoms with E-state index in [4.69, 9.17) is 0 Å². The molecule has 0 unspecified atom stereocenters. The average molecular weight is 373 g/mol. The zero-order valence-corrected chi connectivity index (χ0v) is 16.0. The minimum atomic E-state index is -0.462. The highest BCUT2D eigenvalue weighted by Gasteiger charge is 2.30. The molecule has 1 aliphatic rings. The van der Waals surface area contributed by atoms with E-state index in [9.17, 15) is 14.9 Å². The predicted molar refractivity (Wildman–Crippen MR) is 103 cm³/mol. The monoisotopic (exact) mass is 373 g/mol. The minimum absolute atomic E-state index is 0.00748. The van der Waals surface area contributed by atoms with Crippen molar-refractivity contribution < 1.29 is 9.72 Å². The lowest BCUT2D eigenvalue weighted by atomic mass is 9.96. The van der Waals surface area contributed by atoms with Gasteiger partial charge in [-0.2, -0.15) is 0 Å². The summed E-state index contributed by atoms with van der Waals surface area (Å²) in [6, 6.07) is 8.78. The molecule has 2 aromatic rings. The van der Waals surface area contributed by atoms with Gasteiger partial charge in [0, 0.05) is 54.8 Å². The van der Waals surface area contributed by atoms with E-state index in [1.165, 1.54) is 34.7 Å². The van der Waals surface area contributed by atoms with Crippen molar-refractivity contribution in [2.24, 2.45) is 0 Å². The Labute approximate surface area is 157 Å². The number of amides is 1. The van der Waals surface area contributed by atoms with Gasteiger partial charge < -0.3 is 4.90 Å². The van der Waals surface area contributed by atoms with Gasteiger partial charge in [0.05, 0.1) is 4.92 Å². The summed E-state index contributed by atoms with van der Waals surface area (Å²) in [7, 11) is 1.78. The van der Waals surface area contributed by atoms with Crippen LogP contribution in [0.2, 0.25) is 0 Å². The Kier molecular flexibility index (Phi) is 5.38. The van der Waals surface area contributed by atoms with Crippen molar-refractivity contribution in [3.05, 3.63) is 61.8 Å². The van der Waals surface area contributed by atoms with Crippen LogP contribution >= 0.6 is 11.3 Å². The maximum Gasteiger partial charge on any atom is 0.269 e. The Morgan fingerprint density at radius 1 is 1.31 bits per heavy atom. The maximum absolute atomic E-state index is 12.6. The lowest BCUT2D eigenvalue weighted by molar-refractivity contribution is -0.384. The second kappa shape index (κ2) is 7.55. The van der Waals surface area contributed by atoms with Gasteiger partial charge in [-0.25, -0.2) is 0 Å². The van der Waals surface area contributed by atoms with E-state index in [0.29, 0.717) is 24.2 Å². The van der Waals surface area contributed by atoms with Crippen LogP contribution in [0, 0.1) is 10.1 Å². The van der Waals surface area contributed by atoms with Gasteiger partial charge >= 0.3 is 0 Å². The molecule has 0 bridgehead atoms. The molecule has 3 rings (SSSR count). The Hall–Kier alpha value is -2.25. The van der Waals surface area contributed by atoms with Crippen molar-refractivity contribution in [3.8, 4) is 0 Å². The molecule has 1 aromatic heterocycles. The number of non-ortho nitro benzene ring substituents is 1. The predicted octanol–water partition coefficient (Wildman–Crippen LogP) is 3.74. The summed E-state index contributed by atoms with van der Waals surface area (Å²) < 4.78 is 0. The maximum atomic E-state index is 12.6. The van der Waals surface area contributed by atoms with Crippen molar-refractivity contribution in [1.29, 1.82) is 0 Å². The second-order valence-electron chi connectivity index (χ2n) is 6.81. The molecule has 138 valence electrons. The number of likely N-dealkylation sites (N-methyl/N-ethyl adjacent to an activating group) is 1. The molecule has 0 saturated heterocycles. The first-order valence-electron chi connectivity index (χ1n) is 8.70. The molecule has 0 fully saturated rings. The number of carbonyl (C=O) groups excluding carboxylic acids is 1. The fourth-order valence-electron chi connectivity index (χ4n) is 3.58. The average Bonchev–Trinajstić information content (AvgIpc) is 3.09. The first-order chi connectivity index (χ1) is 12.4. The molecule has 6 nitrogen and oxygen atoms in total. The number of nitrogens with zero attached hydrogens (tertiary/aromatic N) is 3. The number of fused-ring (bicyclic) bond motifs is 1. The quantitative estimate of drug-likeness (QED) is 0.591. The molecule has 2 atom stereocenters. The Bertz CT molecular complexity index is 803. The lowest BCUT2D eigenvalue weighted by Crippen LogP contribution is -2.44. The SMILES string of the molecule is C[C@@H]1Cc2ccsc2[C@H](C)N1CCN(C)C(=O)c1ccc([N+](=O)[O-])cc1. The molecular weight excluding hydrogens is 350 g/mol. The second-order valence-corrected chi connectivity index (χ2v) is 7.76. The molecule has 0 radical (unpaired) electrons. The van der Waals surface area contributed by atoms with Crippen LogP contribution in [-0.4, -0.2) is 46.8 Å². The van der Waals surface area contributed by atoms with E-state index in [1.807, 2.05) is 0 Å². The molecule has 26 heavy (non-hydrogen) atoms. The summed E-state index contributed by atoms with van der Waals surface area (Å²) in [5.41, 5.74) is 1.91. The van der Waals surface area contributed by atoms with Gasteiger partial charge in [-0.05, 0) is 49.4 Å². The van der Waals surface area contributed by atoms with E-state index in [2.05, 4.69) is 30.2 Å². The third-order valence-corrected chi connectivity index (χ3v) is 6.23. The van der Waals surface area contributed by atoms with Crippen LogP contribution < -0.4 is 0 Å². The summed E-state index contributed by atoms with van der Waals surface area (Å²) in [5.74, 6) is -0.117. The standard InChI is InChI=1S/C19H23N3O3S/c1-13-12-16-8-11-26-18(16)14(2)21(13)10-9-20(3)19(23)15-4-6-17(7-5-15)22(24)25/h4-8,11,13-14H,9-10,12H2,1-3H3/t13-,14+/m1/s1. The molecule has 0 spiro atoms. The highest BCUT2D eigenvalue weighted by molar-refractivity contribution is 7.10. The molecule has 0 saturated carbocycles. The third kappa shape index (κ3) is 3.64. The van der Waals surface area contributed by atoms with Gasteiger partial charge in [0.2, 0.25) is 0 Å². The number of hydrogen-bond acceptors (Lipinski definition) is 5. The van der Waals surface area contributed by atoms with E-state index >= 15 is 0 Å². The summed E-state index contributed by atoms with van der Waals surface area (Å²) in [4.78, 5) is 28.4. The van der Waals surface area contributed by atoms with Gasteiger partial charge in [0.1, 0.15) is 0 Å². The number of carbonyl (C=O) groups is 1. The number of nitro benzene ring substituents is 1. The van der Waals surface area contributed by atoms with Crippen molar-refractivity contribution >= 4 is 22.9 Å². The molecule has 2 heterocycles. The fraction of sp³-hybridized carbons (Fsp3) is 0.421. The first-order valence-corrected chi connectivity index (χ1v) is 9.58. The number of rotatable bonds is 5. The van der Waals surface area contributed by atoms with E-state index in [1.54, 1.807) is 23.3 Å². The largest absolute Gasteiger partial charge is 0.340 e. The third-order valence-electron chi connectivity index (χ3n) is 5.10. The summed E-state index contributed by atoms with van der Waals surface area (Å²) in [6.45, 7) is 5.87. The minimum Gasteiger partial charge on any atom is -0.340 e. The first kappa shape index (κ1) is 18.5. The fourth-order valence-corrected chi connectivity index (χ4v) is 4.59. The number of benzene rings is 1. The van der Waals surface area contributed by atoms with Crippen molar-refractivity contribution in [1.82, 2.24) is 9.80 Å². The zero-order chi connectivity index (χ0) is 18.8. The van der Waals surface area contributed by atoms with Crippen LogP contribution in [0.5, 0.6) is 0 Å². The summed E-state index contributed by atoms with van der Waals surface area (Å²) in [6.07, 6.45) is 1.04. The lowest BCUT2D eigenvalue weighted by Gasteiger charge is -2.39. The zero-order valence-electron chi connectivity index (χ0n) is 15.2. The summed E-state index contributed by atoms with van der Waals surface area (Å²) >= 11 is 1.80. The molecule has 7 heteroatoms. The van der Waals surface area contributed by atoms with Crippen molar-refractivity contribution in [3.63, 3.8) is 0 Å². The summed E-state index contributed by atoms with van der Waals surface area (Å²) in [5, 5.41) is 12.9. The smallest absolute Gasteiger partial charge is 0.269 e. The Morgan fingerprint density at radius 3 is 2.65 bits per heavy atom. The van der Waals surface area contributed by atoms with Crippen LogP contribution in [-0.2, 0) is 6.42 Å². The van der Waals surface area contributed by atoms with Gasteiger partial charge in [-0.3, -0.25) is 19.8 Å². The molecule has 1 aromatic carbocycles. The Balaban J connectivity index is 1.62. The highest BCUT2D eigenvalue weighted by atomic mass is 32.1. The van der Waals surface area contributed by atoms with Crippen molar-refractivity contribution in [2.45, 2.75) is 32.4 Å². The number of nitro groups is 1. The van der Waals surface area contributed by atoms with E-state index < -0.39 is 4.92 Å². The molecular formula is C19H23N3O3S.